The summed E-state index contributed by atoms with van der Waals surface area (Å²) >= 11 is 0. The maximum atomic E-state index is 11.1. The number of aromatic carboxylic acids is 1. The molecule has 21 heavy (non-hydrogen) atoms. The van der Waals surface area contributed by atoms with E-state index in [0.717, 1.165) is 23.3 Å². The van der Waals surface area contributed by atoms with Crippen molar-refractivity contribution in [2.24, 2.45) is 5.92 Å². The summed E-state index contributed by atoms with van der Waals surface area (Å²) in [6.07, 6.45) is 6.10. The van der Waals surface area contributed by atoms with Gasteiger partial charge in [-0.05, 0) is 43.9 Å². The van der Waals surface area contributed by atoms with Crippen LogP contribution >= 0.6 is 0 Å². The van der Waals surface area contributed by atoms with Gasteiger partial charge in [0.1, 0.15) is 5.82 Å². The maximum Gasteiger partial charge on any atom is 0.335 e. The van der Waals surface area contributed by atoms with Crippen molar-refractivity contribution in [1.82, 2.24) is 9.55 Å². The molecule has 112 valence electrons. The Bertz CT molecular complexity index is 669. The van der Waals surface area contributed by atoms with Crippen LogP contribution in [-0.2, 0) is 6.42 Å². The number of nitrogens with zero attached hydrogens (tertiary/aromatic N) is 2. The van der Waals surface area contributed by atoms with E-state index >= 15 is 0 Å². The molecular formula is C17H22N2O2. The average molecular weight is 286 g/mol. The lowest BCUT2D eigenvalue weighted by Gasteiger charge is -2.23. The number of carboxylic acids is 1. The molecule has 4 heteroatoms. The Balaban J connectivity index is 2.09. The van der Waals surface area contributed by atoms with Crippen LogP contribution in [0.1, 0.15) is 61.8 Å². The molecule has 0 bridgehead atoms. The van der Waals surface area contributed by atoms with E-state index in [1.54, 1.807) is 12.1 Å². The van der Waals surface area contributed by atoms with Gasteiger partial charge in [-0.1, -0.05) is 19.8 Å². The lowest BCUT2D eigenvalue weighted by atomic mass is 9.99. The predicted molar refractivity (Wildman–Crippen MR) is 82.7 cm³/mol. The van der Waals surface area contributed by atoms with E-state index in [1.165, 1.54) is 25.7 Å². The van der Waals surface area contributed by atoms with Crippen molar-refractivity contribution in [3.63, 3.8) is 0 Å². The molecular weight excluding hydrogens is 264 g/mol. The summed E-state index contributed by atoms with van der Waals surface area (Å²) in [5.74, 6) is 0.882. The molecule has 0 aliphatic heterocycles. The number of aryl methyl sites for hydroxylation is 1. The standard InChI is InChI=1S/C17H22N2O2/c1-3-16-18-14-10-13(17(20)21)8-9-15(14)19(16)11(2)12-6-4-5-7-12/h8-12H,3-7H2,1-2H3,(H,20,21). The summed E-state index contributed by atoms with van der Waals surface area (Å²) in [6.45, 7) is 4.39. The summed E-state index contributed by atoms with van der Waals surface area (Å²) in [7, 11) is 0. The third kappa shape index (κ3) is 2.43. The van der Waals surface area contributed by atoms with Gasteiger partial charge >= 0.3 is 5.97 Å². The number of carbonyl (C=O) groups is 1. The van der Waals surface area contributed by atoms with Crippen molar-refractivity contribution in [3.05, 3.63) is 29.6 Å². The molecule has 0 amide bonds. The highest BCUT2D eigenvalue weighted by molar-refractivity contribution is 5.92. The van der Waals surface area contributed by atoms with E-state index < -0.39 is 5.97 Å². The first-order valence-electron chi connectivity index (χ1n) is 7.86. The summed E-state index contributed by atoms with van der Waals surface area (Å²) in [4.78, 5) is 15.8. The van der Waals surface area contributed by atoms with Crippen LogP contribution in [0.25, 0.3) is 11.0 Å². The molecule has 4 nitrogen and oxygen atoms in total. The number of imidazole rings is 1. The van der Waals surface area contributed by atoms with Gasteiger partial charge in [-0.15, -0.1) is 0 Å². The van der Waals surface area contributed by atoms with Crippen molar-refractivity contribution in [2.45, 2.75) is 52.0 Å². The zero-order valence-electron chi connectivity index (χ0n) is 12.7. The molecule has 1 unspecified atom stereocenters. The molecule has 0 radical (unpaired) electrons. The second-order valence-corrected chi connectivity index (χ2v) is 6.05. The fraction of sp³-hybridized carbons (Fsp3) is 0.529. The third-order valence-electron chi connectivity index (χ3n) is 4.82. The zero-order chi connectivity index (χ0) is 15.0. The minimum absolute atomic E-state index is 0.309. The molecule has 1 saturated carbocycles. The number of aromatic nitrogens is 2. The minimum atomic E-state index is -0.895. The highest BCUT2D eigenvalue weighted by Crippen LogP contribution is 2.36. The first-order chi connectivity index (χ1) is 10.1. The second-order valence-electron chi connectivity index (χ2n) is 6.05. The van der Waals surface area contributed by atoms with Gasteiger partial charge in [0.15, 0.2) is 0 Å². The Hall–Kier alpha value is -1.84. The van der Waals surface area contributed by atoms with Crippen LogP contribution in [0.15, 0.2) is 18.2 Å². The van der Waals surface area contributed by atoms with Gasteiger partial charge in [-0.25, -0.2) is 9.78 Å². The van der Waals surface area contributed by atoms with Crippen molar-refractivity contribution < 1.29 is 9.90 Å². The fourth-order valence-electron chi connectivity index (χ4n) is 3.64. The Morgan fingerprint density at radius 3 is 2.76 bits per heavy atom. The van der Waals surface area contributed by atoms with Crippen LogP contribution in [-0.4, -0.2) is 20.6 Å². The molecule has 0 saturated heterocycles. The molecule has 0 spiro atoms. The van der Waals surface area contributed by atoms with Crippen LogP contribution in [0.2, 0.25) is 0 Å². The molecule has 1 aliphatic rings. The number of hydrogen-bond donors (Lipinski definition) is 1. The largest absolute Gasteiger partial charge is 0.478 e. The average Bonchev–Trinajstić information content (AvgIpc) is 3.12. The normalized spacial score (nSPS) is 17.4. The van der Waals surface area contributed by atoms with Crippen LogP contribution in [0.3, 0.4) is 0 Å². The number of rotatable bonds is 4. The fourth-order valence-corrected chi connectivity index (χ4v) is 3.64. The highest BCUT2D eigenvalue weighted by atomic mass is 16.4. The molecule has 1 heterocycles. The summed E-state index contributed by atoms with van der Waals surface area (Å²) in [5.41, 5.74) is 2.18. The van der Waals surface area contributed by atoms with Crippen LogP contribution in [0.4, 0.5) is 0 Å². The molecule has 3 rings (SSSR count). The van der Waals surface area contributed by atoms with E-state index in [2.05, 4.69) is 23.4 Å². The predicted octanol–water partition coefficient (Wildman–Crippen LogP) is 4.05. The van der Waals surface area contributed by atoms with E-state index in [9.17, 15) is 4.79 Å². The third-order valence-corrected chi connectivity index (χ3v) is 4.82. The van der Waals surface area contributed by atoms with Gasteiger partial charge < -0.3 is 9.67 Å². The monoisotopic (exact) mass is 286 g/mol. The summed E-state index contributed by atoms with van der Waals surface area (Å²) in [5, 5.41) is 9.12. The van der Waals surface area contributed by atoms with Crippen molar-refractivity contribution >= 4 is 17.0 Å². The van der Waals surface area contributed by atoms with E-state index in [4.69, 9.17) is 5.11 Å². The molecule has 1 N–H and O–H groups in total. The van der Waals surface area contributed by atoms with Crippen molar-refractivity contribution in [2.75, 3.05) is 0 Å². The quantitative estimate of drug-likeness (QED) is 0.922. The molecule has 1 aliphatic carbocycles. The first kappa shape index (κ1) is 14.1. The first-order valence-corrected chi connectivity index (χ1v) is 7.86. The molecule has 1 aromatic heterocycles. The maximum absolute atomic E-state index is 11.1. The lowest BCUT2D eigenvalue weighted by molar-refractivity contribution is 0.0697. The lowest BCUT2D eigenvalue weighted by Crippen LogP contribution is -2.16. The second kappa shape index (κ2) is 5.51. The summed E-state index contributed by atoms with van der Waals surface area (Å²) < 4.78 is 2.33. The van der Waals surface area contributed by atoms with Gasteiger partial charge in [0.05, 0.1) is 16.6 Å². The number of benzene rings is 1. The Morgan fingerprint density at radius 2 is 2.14 bits per heavy atom. The van der Waals surface area contributed by atoms with Crippen molar-refractivity contribution in [1.29, 1.82) is 0 Å². The zero-order valence-corrected chi connectivity index (χ0v) is 12.7. The van der Waals surface area contributed by atoms with Gasteiger partial charge in [-0.2, -0.15) is 0 Å². The topological polar surface area (TPSA) is 55.1 Å². The van der Waals surface area contributed by atoms with Crippen molar-refractivity contribution in [3.8, 4) is 0 Å². The van der Waals surface area contributed by atoms with E-state index in [0.29, 0.717) is 17.5 Å². The van der Waals surface area contributed by atoms with E-state index in [-0.39, 0.29) is 0 Å². The van der Waals surface area contributed by atoms with Gasteiger partial charge in [0, 0.05) is 12.5 Å². The Morgan fingerprint density at radius 1 is 1.43 bits per heavy atom. The van der Waals surface area contributed by atoms with Gasteiger partial charge in [-0.3, -0.25) is 0 Å². The van der Waals surface area contributed by atoms with Crippen LogP contribution < -0.4 is 0 Å². The number of fused-ring (bicyclic) bond motifs is 1. The van der Waals surface area contributed by atoms with Crippen LogP contribution in [0.5, 0.6) is 0 Å². The Labute approximate surface area is 124 Å². The van der Waals surface area contributed by atoms with Gasteiger partial charge in [0.25, 0.3) is 0 Å². The molecule has 2 aromatic rings. The summed E-state index contributed by atoms with van der Waals surface area (Å²) in [6, 6.07) is 5.72. The SMILES string of the molecule is CCc1nc2cc(C(=O)O)ccc2n1C(C)C1CCCC1. The van der Waals surface area contributed by atoms with Crippen LogP contribution in [0, 0.1) is 5.92 Å². The molecule has 1 aromatic carbocycles. The van der Waals surface area contributed by atoms with Gasteiger partial charge in [0.2, 0.25) is 0 Å². The van der Waals surface area contributed by atoms with E-state index in [1.807, 2.05) is 6.07 Å². The number of carboxylic acid groups (broad SMARTS) is 1. The smallest absolute Gasteiger partial charge is 0.335 e. The number of hydrogen-bond acceptors (Lipinski definition) is 2. The molecule has 1 fully saturated rings. The highest BCUT2D eigenvalue weighted by Gasteiger charge is 2.25. The Kier molecular flexibility index (Phi) is 3.70. The minimum Gasteiger partial charge on any atom is -0.478 e. The molecule has 1 atom stereocenters.